The Bertz CT molecular complexity index is 787. The maximum Gasteiger partial charge on any atom is 0.219 e. The molecule has 6 N–H and O–H groups in total. The summed E-state index contributed by atoms with van der Waals surface area (Å²) in [7, 11) is 0. The van der Waals surface area contributed by atoms with Crippen molar-refractivity contribution < 1.29 is 14.9 Å². The van der Waals surface area contributed by atoms with Gasteiger partial charge in [0.25, 0.3) is 0 Å². The van der Waals surface area contributed by atoms with E-state index in [-0.39, 0.29) is 5.88 Å². The molecule has 0 atom stereocenters. The lowest BCUT2D eigenvalue weighted by atomic mass is 9.92. The van der Waals surface area contributed by atoms with E-state index in [9.17, 15) is 10.2 Å². The normalized spacial score (nSPS) is 12.2. The van der Waals surface area contributed by atoms with Gasteiger partial charge in [0, 0.05) is 12.1 Å². The van der Waals surface area contributed by atoms with Crippen LogP contribution in [0.25, 0.3) is 0 Å². The van der Waals surface area contributed by atoms with Crippen LogP contribution in [0.5, 0.6) is 11.6 Å². The molecule has 0 aliphatic carbocycles. The molecule has 2 heterocycles. The van der Waals surface area contributed by atoms with Gasteiger partial charge in [-0.2, -0.15) is 0 Å². The zero-order valence-corrected chi connectivity index (χ0v) is 16.5. The summed E-state index contributed by atoms with van der Waals surface area (Å²) < 4.78 is 5.77. The van der Waals surface area contributed by atoms with Crippen LogP contribution in [0.15, 0.2) is 24.4 Å². The third-order valence-corrected chi connectivity index (χ3v) is 5.24. The lowest BCUT2D eigenvalue weighted by Crippen LogP contribution is -2.26. The number of hydrogen-bond acceptors (Lipinski definition) is 7. The summed E-state index contributed by atoms with van der Waals surface area (Å²) in [5.41, 5.74) is 11.5. The van der Waals surface area contributed by atoms with Gasteiger partial charge in [-0.1, -0.05) is 27.7 Å². The molecular weight excluding hydrogens is 344 g/mol. The molecule has 0 saturated heterocycles. The van der Waals surface area contributed by atoms with Crippen LogP contribution < -0.4 is 16.2 Å². The SMILES string of the molecule is CCC(O)(CC)c1ncc(Oc2ccc(N)c(C(O)(CC)CC)n2)cc1N. The average Bonchev–Trinajstić information content (AvgIpc) is 2.68. The fourth-order valence-corrected chi connectivity index (χ4v) is 3.08. The second-order valence-electron chi connectivity index (χ2n) is 6.78. The molecule has 0 spiro atoms. The number of aliphatic hydroxyl groups is 2. The third-order valence-electron chi connectivity index (χ3n) is 5.24. The Morgan fingerprint density at radius 3 is 1.96 bits per heavy atom. The number of hydrogen-bond donors (Lipinski definition) is 4. The summed E-state index contributed by atoms with van der Waals surface area (Å²) in [6.45, 7) is 7.53. The third kappa shape index (κ3) is 4.14. The second kappa shape index (κ2) is 8.10. The Kier molecular flexibility index (Phi) is 6.28. The van der Waals surface area contributed by atoms with Crippen molar-refractivity contribution in [1.29, 1.82) is 0 Å². The van der Waals surface area contributed by atoms with Crippen LogP contribution in [-0.2, 0) is 11.2 Å². The van der Waals surface area contributed by atoms with Crippen molar-refractivity contribution in [2.45, 2.75) is 64.6 Å². The molecular formula is C20H30N4O3. The highest BCUT2D eigenvalue weighted by atomic mass is 16.5. The van der Waals surface area contributed by atoms with Gasteiger partial charge in [-0.25, -0.2) is 4.98 Å². The Morgan fingerprint density at radius 1 is 0.889 bits per heavy atom. The number of nitrogens with zero attached hydrogens (tertiary/aromatic N) is 2. The highest BCUT2D eigenvalue weighted by Gasteiger charge is 2.30. The quantitative estimate of drug-likeness (QED) is 0.557. The van der Waals surface area contributed by atoms with E-state index in [1.165, 1.54) is 6.20 Å². The van der Waals surface area contributed by atoms with E-state index in [1.807, 2.05) is 27.7 Å². The van der Waals surface area contributed by atoms with Crippen molar-refractivity contribution in [3.63, 3.8) is 0 Å². The van der Waals surface area contributed by atoms with Gasteiger partial charge in [0.05, 0.1) is 29.0 Å². The van der Waals surface area contributed by atoms with E-state index < -0.39 is 11.2 Å². The Morgan fingerprint density at radius 2 is 1.44 bits per heavy atom. The van der Waals surface area contributed by atoms with Crippen molar-refractivity contribution >= 4 is 11.4 Å². The number of anilines is 2. The fraction of sp³-hybridized carbons (Fsp3) is 0.500. The Balaban J connectivity index is 2.34. The van der Waals surface area contributed by atoms with E-state index in [1.54, 1.807) is 18.2 Å². The van der Waals surface area contributed by atoms with E-state index in [2.05, 4.69) is 9.97 Å². The molecule has 0 bridgehead atoms. The van der Waals surface area contributed by atoms with Crippen LogP contribution >= 0.6 is 0 Å². The van der Waals surface area contributed by atoms with Gasteiger partial charge in [-0.05, 0) is 31.7 Å². The van der Waals surface area contributed by atoms with E-state index >= 15 is 0 Å². The summed E-state index contributed by atoms with van der Waals surface area (Å²) in [4.78, 5) is 8.71. The van der Waals surface area contributed by atoms with Crippen molar-refractivity contribution in [1.82, 2.24) is 9.97 Å². The van der Waals surface area contributed by atoms with Crippen molar-refractivity contribution in [2.75, 3.05) is 11.5 Å². The zero-order valence-electron chi connectivity index (χ0n) is 16.5. The van der Waals surface area contributed by atoms with Crippen LogP contribution in [0.4, 0.5) is 11.4 Å². The topological polar surface area (TPSA) is 128 Å². The first-order valence-corrected chi connectivity index (χ1v) is 9.38. The minimum absolute atomic E-state index is 0.287. The molecule has 0 saturated carbocycles. The molecule has 0 fully saturated rings. The first-order chi connectivity index (χ1) is 12.7. The molecule has 0 amide bonds. The molecule has 7 heteroatoms. The van der Waals surface area contributed by atoms with Gasteiger partial charge in [-0.15, -0.1) is 0 Å². The fourth-order valence-electron chi connectivity index (χ4n) is 3.08. The minimum atomic E-state index is -1.11. The molecule has 2 rings (SSSR count). The maximum atomic E-state index is 10.7. The van der Waals surface area contributed by atoms with Gasteiger partial charge in [0.15, 0.2) is 0 Å². The van der Waals surface area contributed by atoms with Crippen LogP contribution in [0, 0.1) is 0 Å². The van der Waals surface area contributed by atoms with E-state index in [4.69, 9.17) is 16.2 Å². The van der Waals surface area contributed by atoms with E-state index in [0.717, 1.165) is 0 Å². The molecule has 0 radical (unpaired) electrons. The number of rotatable bonds is 8. The van der Waals surface area contributed by atoms with Gasteiger partial charge in [0.2, 0.25) is 5.88 Å². The molecule has 2 aromatic rings. The Hall–Kier alpha value is -2.38. The first-order valence-electron chi connectivity index (χ1n) is 9.38. The van der Waals surface area contributed by atoms with Gasteiger partial charge >= 0.3 is 0 Å². The zero-order chi connectivity index (χ0) is 20.2. The Labute approximate surface area is 160 Å². The lowest BCUT2D eigenvalue weighted by Gasteiger charge is -2.26. The number of pyridine rings is 2. The van der Waals surface area contributed by atoms with E-state index in [0.29, 0.717) is 54.2 Å². The molecule has 27 heavy (non-hydrogen) atoms. The van der Waals surface area contributed by atoms with Gasteiger partial charge in [-0.3, -0.25) is 4.98 Å². The minimum Gasteiger partial charge on any atom is -0.437 e. The predicted octanol–water partition coefficient (Wildman–Crippen LogP) is 3.45. The smallest absolute Gasteiger partial charge is 0.219 e. The lowest BCUT2D eigenvalue weighted by molar-refractivity contribution is 0.0240. The van der Waals surface area contributed by atoms with Crippen LogP contribution in [0.1, 0.15) is 64.8 Å². The largest absolute Gasteiger partial charge is 0.437 e. The molecule has 0 aliphatic heterocycles. The standard InChI is InChI=1S/C20H30N4O3/c1-5-19(25,6-2)17-15(22)11-13(12-23-17)27-16-10-9-14(21)18(24-16)20(26,7-3)8-4/h9-12,25-26H,5-8,21-22H2,1-4H3. The van der Waals surface area contributed by atoms with Crippen LogP contribution in [0.3, 0.4) is 0 Å². The average molecular weight is 374 g/mol. The summed E-state index contributed by atoms with van der Waals surface area (Å²) >= 11 is 0. The second-order valence-corrected chi connectivity index (χ2v) is 6.78. The van der Waals surface area contributed by atoms with Crippen molar-refractivity contribution in [3.8, 4) is 11.6 Å². The first kappa shape index (κ1) is 20.9. The summed E-state index contributed by atoms with van der Waals surface area (Å²) in [5, 5.41) is 21.4. The molecule has 0 aromatic carbocycles. The van der Waals surface area contributed by atoms with Crippen LogP contribution in [-0.4, -0.2) is 20.2 Å². The number of nitrogens with two attached hydrogens (primary N) is 2. The summed E-state index contributed by atoms with van der Waals surface area (Å²) in [6.07, 6.45) is 3.50. The number of ether oxygens (including phenoxy) is 1. The van der Waals surface area contributed by atoms with Gasteiger partial charge < -0.3 is 26.4 Å². The van der Waals surface area contributed by atoms with Gasteiger partial charge in [0.1, 0.15) is 17.0 Å². The summed E-state index contributed by atoms with van der Waals surface area (Å²) in [6, 6.07) is 4.90. The summed E-state index contributed by atoms with van der Waals surface area (Å²) in [5.74, 6) is 0.681. The van der Waals surface area contributed by atoms with Crippen molar-refractivity contribution in [2.24, 2.45) is 0 Å². The number of nitrogen functional groups attached to an aromatic ring is 2. The molecule has 2 aromatic heterocycles. The molecule has 148 valence electrons. The monoisotopic (exact) mass is 374 g/mol. The maximum absolute atomic E-state index is 10.7. The number of aromatic nitrogens is 2. The van der Waals surface area contributed by atoms with Crippen LogP contribution in [0.2, 0.25) is 0 Å². The molecule has 7 nitrogen and oxygen atoms in total. The highest BCUT2D eigenvalue weighted by molar-refractivity contribution is 5.51. The molecule has 0 aliphatic rings. The molecule has 0 unspecified atom stereocenters. The predicted molar refractivity (Wildman–Crippen MR) is 106 cm³/mol. The van der Waals surface area contributed by atoms with Crippen molar-refractivity contribution in [3.05, 3.63) is 35.8 Å². The highest BCUT2D eigenvalue weighted by Crippen LogP contribution is 2.35.